The van der Waals surface area contributed by atoms with E-state index in [1.54, 1.807) is 6.07 Å². The van der Waals surface area contributed by atoms with Gasteiger partial charge in [0.2, 0.25) is 0 Å². The third-order valence-electron chi connectivity index (χ3n) is 3.26. The van der Waals surface area contributed by atoms with Crippen molar-refractivity contribution in [3.63, 3.8) is 0 Å². The van der Waals surface area contributed by atoms with Crippen molar-refractivity contribution in [2.24, 2.45) is 0 Å². The zero-order chi connectivity index (χ0) is 13.1. The molecule has 0 saturated carbocycles. The van der Waals surface area contributed by atoms with Crippen LogP contribution in [-0.2, 0) is 0 Å². The number of halogens is 1. The fourth-order valence-corrected chi connectivity index (χ4v) is 2.37. The van der Waals surface area contributed by atoms with Gasteiger partial charge in [-0.3, -0.25) is 0 Å². The number of para-hydroxylation sites is 1. The number of hydrogen-bond acceptors (Lipinski definition) is 2. The van der Waals surface area contributed by atoms with Crippen molar-refractivity contribution in [2.45, 2.75) is 39.2 Å². The second kappa shape index (κ2) is 5.53. The van der Waals surface area contributed by atoms with Crippen LogP contribution in [0.2, 0.25) is 0 Å². The minimum atomic E-state index is -0.286. The monoisotopic (exact) mass is 249 g/mol. The summed E-state index contributed by atoms with van der Waals surface area (Å²) in [5.74, 6) is 0.858. The summed E-state index contributed by atoms with van der Waals surface area (Å²) in [6.45, 7) is 7.33. The summed E-state index contributed by atoms with van der Waals surface area (Å²) >= 11 is 0. The molecule has 3 heteroatoms. The fraction of sp³-hybridized carbons (Fsp3) is 0.467. The summed E-state index contributed by atoms with van der Waals surface area (Å²) in [5.41, 5.74) is 0.371. The highest BCUT2D eigenvalue weighted by molar-refractivity contribution is 5.78. The lowest BCUT2D eigenvalue weighted by Gasteiger charge is -2.15. The van der Waals surface area contributed by atoms with E-state index in [0.29, 0.717) is 11.6 Å². The lowest BCUT2D eigenvalue weighted by Crippen LogP contribution is -2.26. The van der Waals surface area contributed by atoms with Crippen LogP contribution < -0.4 is 5.32 Å². The molecular weight excluding hydrogens is 229 g/mol. The van der Waals surface area contributed by atoms with E-state index in [0.717, 1.165) is 24.1 Å². The molecule has 1 aromatic heterocycles. The predicted molar refractivity (Wildman–Crippen MR) is 72.3 cm³/mol. The van der Waals surface area contributed by atoms with Gasteiger partial charge < -0.3 is 9.73 Å². The van der Waals surface area contributed by atoms with Crippen LogP contribution in [0.3, 0.4) is 0 Å². The molecule has 2 rings (SSSR count). The molecule has 0 aliphatic rings. The van der Waals surface area contributed by atoms with Gasteiger partial charge in [0.1, 0.15) is 5.76 Å². The summed E-state index contributed by atoms with van der Waals surface area (Å²) in [7, 11) is 0. The first-order chi connectivity index (χ1) is 8.61. The maximum atomic E-state index is 13.5. The van der Waals surface area contributed by atoms with Crippen LogP contribution in [0.1, 0.15) is 38.9 Å². The molecule has 1 N–H and O–H groups in total. The predicted octanol–water partition coefficient (Wildman–Crippen LogP) is 4.06. The number of rotatable bonds is 5. The van der Waals surface area contributed by atoms with Crippen molar-refractivity contribution in [1.82, 2.24) is 5.32 Å². The Balaban J connectivity index is 2.18. The van der Waals surface area contributed by atoms with Crippen LogP contribution in [0.5, 0.6) is 0 Å². The van der Waals surface area contributed by atoms with Crippen LogP contribution in [-0.4, -0.2) is 12.6 Å². The molecule has 1 heterocycles. The number of nitrogens with one attached hydrogen (secondary N) is 1. The Morgan fingerprint density at radius 1 is 1.33 bits per heavy atom. The first-order valence-electron chi connectivity index (χ1n) is 6.53. The number of furan rings is 1. The second-order valence-corrected chi connectivity index (χ2v) is 4.90. The maximum absolute atomic E-state index is 13.5. The molecule has 0 amide bonds. The quantitative estimate of drug-likeness (QED) is 0.864. The van der Waals surface area contributed by atoms with Crippen molar-refractivity contribution in [3.8, 4) is 0 Å². The van der Waals surface area contributed by atoms with E-state index < -0.39 is 0 Å². The molecule has 2 unspecified atom stereocenters. The molecule has 2 atom stereocenters. The lowest BCUT2D eigenvalue weighted by atomic mass is 10.00. The molecule has 98 valence electrons. The second-order valence-electron chi connectivity index (χ2n) is 4.90. The van der Waals surface area contributed by atoms with Crippen LogP contribution in [0.15, 0.2) is 28.7 Å². The topological polar surface area (TPSA) is 25.2 Å². The summed E-state index contributed by atoms with van der Waals surface area (Å²) in [6, 6.07) is 7.40. The normalized spacial score (nSPS) is 14.9. The molecule has 0 bridgehead atoms. The molecule has 0 aliphatic carbocycles. The van der Waals surface area contributed by atoms with Gasteiger partial charge in [0, 0.05) is 17.3 Å². The Hall–Kier alpha value is -1.35. The first-order valence-corrected chi connectivity index (χ1v) is 6.53. The van der Waals surface area contributed by atoms with Gasteiger partial charge in [-0.1, -0.05) is 26.0 Å². The number of fused-ring (bicyclic) bond motifs is 1. The number of hydrogen-bond donors (Lipinski definition) is 1. The van der Waals surface area contributed by atoms with Crippen LogP contribution in [0.25, 0.3) is 11.0 Å². The highest BCUT2D eigenvalue weighted by atomic mass is 19.1. The zero-order valence-electron chi connectivity index (χ0n) is 11.2. The van der Waals surface area contributed by atoms with E-state index in [9.17, 15) is 4.39 Å². The maximum Gasteiger partial charge on any atom is 0.169 e. The molecule has 0 aliphatic heterocycles. The van der Waals surface area contributed by atoms with Gasteiger partial charge >= 0.3 is 0 Å². The van der Waals surface area contributed by atoms with Gasteiger partial charge in [0.05, 0.1) is 0 Å². The van der Waals surface area contributed by atoms with Crippen LogP contribution in [0, 0.1) is 5.82 Å². The Kier molecular flexibility index (Phi) is 4.02. The van der Waals surface area contributed by atoms with Crippen molar-refractivity contribution in [1.29, 1.82) is 0 Å². The molecule has 2 aromatic rings. The summed E-state index contributed by atoms with van der Waals surface area (Å²) < 4.78 is 19.2. The average molecular weight is 249 g/mol. The molecular formula is C15H20FNO. The highest BCUT2D eigenvalue weighted by Crippen LogP contribution is 2.29. The standard InChI is InChI=1S/C15H20FNO/c1-4-17-11(3)8-10(2)14-9-12-6-5-7-13(16)15(12)18-14/h5-7,9-11,17H,4,8H2,1-3H3. The molecule has 2 nitrogen and oxygen atoms in total. The fourth-order valence-electron chi connectivity index (χ4n) is 2.37. The van der Waals surface area contributed by atoms with E-state index in [2.05, 4.69) is 26.1 Å². The van der Waals surface area contributed by atoms with Crippen LogP contribution >= 0.6 is 0 Å². The first kappa shape index (κ1) is 13.1. The van der Waals surface area contributed by atoms with E-state index in [1.165, 1.54) is 6.07 Å². The van der Waals surface area contributed by atoms with Gasteiger partial charge in [-0.15, -0.1) is 0 Å². The minimum Gasteiger partial charge on any atom is -0.458 e. The smallest absolute Gasteiger partial charge is 0.169 e. The van der Waals surface area contributed by atoms with Gasteiger partial charge in [0.15, 0.2) is 11.4 Å². The lowest BCUT2D eigenvalue weighted by molar-refractivity contribution is 0.429. The molecule has 1 aromatic carbocycles. The van der Waals surface area contributed by atoms with Crippen molar-refractivity contribution in [2.75, 3.05) is 6.54 Å². The highest BCUT2D eigenvalue weighted by Gasteiger charge is 2.15. The molecule has 0 spiro atoms. The zero-order valence-corrected chi connectivity index (χ0v) is 11.2. The van der Waals surface area contributed by atoms with Crippen molar-refractivity contribution >= 4 is 11.0 Å². The SMILES string of the molecule is CCNC(C)CC(C)c1cc2cccc(F)c2o1. The Morgan fingerprint density at radius 3 is 2.78 bits per heavy atom. The van der Waals surface area contributed by atoms with E-state index in [1.807, 2.05) is 12.1 Å². The van der Waals surface area contributed by atoms with E-state index in [4.69, 9.17) is 4.42 Å². The van der Waals surface area contributed by atoms with Gasteiger partial charge in [-0.2, -0.15) is 0 Å². The Labute approximate surface area is 107 Å². The summed E-state index contributed by atoms with van der Waals surface area (Å²) in [5, 5.41) is 4.22. The van der Waals surface area contributed by atoms with Crippen LogP contribution in [0.4, 0.5) is 4.39 Å². The summed E-state index contributed by atoms with van der Waals surface area (Å²) in [4.78, 5) is 0. The molecule has 18 heavy (non-hydrogen) atoms. The molecule has 0 saturated heterocycles. The third kappa shape index (κ3) is 2.72. The average Bonchev–Trinajstić information content (AvgIpc) is 2.74. The Morgan fingerprint density at radius 2 is 2.11 bits per heavy atom. The largest absolute Gasteiger partial charge is 0.458 e. The van der Waals surface area contributed by atoms with E-state index >= 15 is 0 Å². The van der Waals surface area contributed by atoms with Crippen molar-refractivity contribution < 1.29 is 8.81 Å². The third-order valence-corrected chi connectivity index (χ3v) is 3.26. The van der Waals surface area contributed by atoms with Gasteiger partial charge in [-0.05, 0) is 32.0 Å². The Bertz CT molecular complexity index is 520. The van der Waals surface area contributed by atoms with Gasteiger partial charge in [0.25, 0.3) is 0 Å². The minimum absolute atomic E-state index is 0.283. The van der Waals surface area contributed by atoms with Crippen molar-refractivity contribution in [3.05, 3.63) is 35.8 Å². The molecule has 0 fully saturated rings. The molecule has 0 radical (unpaired) electrons. The van der Waals surface area contributed by atoms with Gasteiger partial charge in [-0.25, -0.2) is 4.39 Å². The van der Waals surface area contributed by atoms with E-state index in [-0.39, 0.29) is 11.7 Å². The number of benzene rings is 1. The summed E-state index contributed by atoms with van der Waals surface area (Å²) in [6.07, 6.45) is 0.981.